The fourth-order valence-corrected chi connectivity index (χ4v) is 2.40. The number of carbonyl (C=O) groups is 2. The molecule has 0 N–H and O–H groups in total. The van der Waals surface area contributed by atoms with E-state index in [2.05, 4.69) is 16.8 Å². The minimum absolute atomic E-state index is 0.332. The third-order valence-corrected chi connectivity index (χ3v) is 3.87. The average molecular weight is 320 g/mol. The van der Waals surface area contributed by atoms with Crippen LogP contribution in [-0.4, -0.2) is 68.3 Å². The van der Waals surface area contributed by atoms with Crippen molar-refractivity contribution < 1.29 is 19.1 Å². The molecule has 1 fully saturated rings. The van der Waals surface area contributed by atoms with Gasteiger partial charge in [0.1, 0.15) is 0 Å². The van der Waals surface area contributed by atoms with Gasteiger partial charge >= 0.3 is 11.9 Å². The van der Waals surface area contributed by atoms with Crippen LogP contribution in [0.25, 0.3) is 0 Å². The normalized spacial score (nSPS) is 16.0. The molecule has 0 amide bonds. The van der Waals surface area contributed by atoms with Gasteiger partial charge in [0.25, 0.3) is 0 Å². The second kappa shape index (κ2) is 9.27. The number of hydrogen-bond donors (Lipinski definition) is 0. The fraction of sp³-hybridized carbons (Fsp3) is 0.529. The van der Waals surface area contributed by atoms with Gasteiger partial charge in [0.15, 0.2) is 0 Å². The molecule has 0 spiro atoms. The Kier molecular flexibility index (Phi) is 7.03. The third-order valence-electron chi connectivity index (χ3n) is 3.87. The summed E-state index contributed by atoms with van der Waals surface area (Å²) in [4.78, 5) is 27.9. The molecule has 0 aromatic heterocycles. The molecule has 6 nitrogen and oxygen atoms in total. The first kappa shape index (κ1) is 17.4. The first-order valence-corrected chi connectivity index (χ1v) is 7.94. The molecule has 1 heterocycles. The zero-order chi connectivity index (χ0) is 16.5. The maximum atomic E-state index is 11.6. The second-order valence-electron chi connectivity index (χ2n) is 5.68. The molecule has 1 aliphatic heterocycles. The topological polar surface area (TPSA) is 59.1 Å². The van der Waals surface area contributed by atoms with Crippen molar-refractivity contribution in [1.82, 2.24) is 9.80 Å². The highest BCUT2D eigenvalue weighted by Crippen LogP contribution is 2.04. The highest BCUT2D eigenvalue weighted by atomic mass is 16.7. The zero-order valence-corrected chi connectivity index (χ0v) is 13.6. The Morgan fingerprint density at radius 2 is 1.74 bits per heavy atom. The van der Waals surface area contributed by atoms with Crippen molar-refractivity contribution in [2.24, 2.45) is 0 Å². The first-order chi connectivity index (χ1) is 11.1. The highest BCUT2D eigenvalue weighted by molar-refractivity contribution is 5.89. The van der Waals surface area contributed by atoms with Crippen molar-refractivity contribution in [3.63, 3.8) is 0 Å². The molecular formula is C17H24N2O4. The predicted octanol–water partition coefficient (Wildman–Crippen LogP) is 1.37. The molecular weight excluding hydrogens is 296 g/mol. The quantitative estimate of drug-likeness (QED) is 0.559. The lowest BCUT2D eigenvalue weighted by molar-refractivity contribution is -0.152. The summed E-state index contributed by atoms with van der Waals surface area (Å²) < 4.78 is 9.84. The monoisotopic (exact) mass is 320 g/mol. The van der Waals surface area contributed by atoms with E-state index in [0.29, 0.717) is 12.0 Å². The van der Waals surface area contributed by atoms with Gasteiger partial charge < -0.3 is 19.3 Å². The number of rotatable bonds is 7. The lowest BCUT2D eigenvalue weighted by Crippen LogP contribution is -2.44. The van der Waals surface area contributed by atoms with Crippen LogP contribution in [0.5, 0.6) is 0 Å². The number of ether oxygens (including phenoxy) is 2. The summed E-state index contributed by atoms with van der Waals surface area (Å²) in [6.07, 6.45) is 1.10. The van der Waals surface area contributed by atoms with Crippen LogP contribution in [0.4, 0.5) is 0 Å². The van der Waals surface area contributed by atoms with Gasteiger partial charge in [-0.05, 0) is 32.1 Å². The van der Waals surface area contributed by atoms with Gasteiger partial charge in [-0.1, -0.05) is 18.2 Å². The Morgan fingerprint density at radius 3 is 2.43 bits per heavy atom. The summed E-state index contributed by atoms with van der Waals surface area (Å²) in [6.45, 7) is 4.79. The minimum atomic E-state index is -0.490. The van der Waals surface area contributed by atoms with Gasteiger partial charge in [-0.15, -0.1) is 0 Å². The average Bonchev–Trinajstić information content (AvgIpc) is 2.57. The lowest BCUT2D eigenvalue weighted by atomic mass is 10.2. The molecule has 1 aromatic rings. The van der Waals surface area contributed by atoms with Gasteiger partial charge in [-0.2, -0.15) is 0 Å². The van der Waals surface area contributed by atoms with Gasteiger partial charge in [0, 0.05) is 32.6 Å². The standard InChI is InChI=1S/C17H24N2O4/c1-18-10-12-19(13-11-18)9-5-8-16(20)22-14-23-17(21)15-6-3-2-4-7-15/h2-4,6-7H,5,8-14H2,1H3. The molecule has 0 aliphatic carbocycles. The molecule has 23 heavy (non-hydrogen) atoms. The van der Waals surface area contributed by atoms with Crippen molar-refractivity contribution in [2.75, 3.05) is 46.6 Å². The number of nitrogens with zero attached hydrogens (tertiary/aromatic N) is 2. The van der Waals surface area contributed by atoms with Crippen molar-refractivity contribution in [3.8, 4) is 0 Å². The number of esters is 2. The minimum Gasteiger partial charge on any atom is -0.428 e. The maximum Gasteiger partial charge on any atom is 0.340 e. The van der Waals surface area contributed by atoms with E-state index in [1.54, 1.807) is 24.3 Å². The van der Waals surface area contributed by atoms with Crippen LogP contribution in [0.1, 0.15) is 23.2 Å². The number of likely N-dealkylation sites (N-methyl/N-ethyl adjacent to an activating group) is 1. The fourth-order valence-electron chi connectivity index (χ4n) is 2.40. The number of hydrogen-bond acceptors (Lipinski definition) is 6. The second-order valence-corrected chi connectivity index (χ2v) is 5.68. The Hall–Kier alpha value is -1.92. The zero-order valence-electron chi connectivity index (χ0n) is 13.6. The van der Waals surface area contributed by atoms with Crippen molar-refractivity contribution in [3.05, 3.63) is 35.9 Å². The van der Waals surface area contributed by atoms with E-state index in [-0.39, 0.29) is 12.8 Å². The van der Waals surface area contributed by atoms with Crippen molar-refractivity contribution >= 4 is 11.9 Å². The summed E-state index contributed by atoms with van der Waals surface area (Å²) in [7, 11) is 2.12. The van der Waals surface area contributed by atoms with E-state index in [1.807, 2.05) is 6.07 Å². The Bertz CT molecular complexity index is 499. The van der Waals surface area contributed by atoms with Gasteiger partial charge in [0.2, 0.25) is 6.79 Å². The van der Waals surface area contributed by atoms with Crippen LogP contribution in [-0.2, 0) is 14.3 Å². The van der Waals surface area contributed by atoms with Crippen LogP contribution in [0.15, 0.2) is 30.3 Å². The molecule has 0 atom stereocenters. The SMILES string of the molecule is CN1CCN(CCCC(=O)OCOC(=O)c2ccccc2)CC1. The van der Waals surface area contributed by atoms with Gasteiger partial charge in [-0.25, -0.2) is 4.79 Å². The van der Waals surface area contributed by atoms with E-state index in [9.17, 15) is 9.59 Å². The molecule has 0 unspecified atom stereocenters. The number of benzene rings is 1. The lowest BCUT2D eigenvalue weighted by Gasteiger charge is -2.32. The summed E-state index contributed by atoms with van der Waals surface area (Å²) in [5, 5.41) is 0. The third kappa shape index (κ3) is 6.38. The van der Waals surface area contributed by atoms with Crippen LogP contribution >= 0.6 is 0 Å². The molecule has 2 rings (SSSR count). The Labute approximate surface area is 137 Å². The van der Waals surface area contributed by atoms with Gasteiger partial charge in [0.05, 0.1) is 5.56 Å². The van der Waals surface area contributed by atoms with Gasteiger partial charge in [-0.3, -0.25) is 4.79 Å². The molecule has 1 aliphatic rings. The van der Waals surface area contributed by atoms with Crippen LogP contribution in [0.3, 0.4) is 0 Å². The van der Waals surface area contributed by atoms with E-state index in [1.165, 1.54) is 0 Å². The van der Waals surface area contributed by atoms with E-state index in [4.69, 9.17) is 9.47 Å². The smallest absolute Gasteiger partial charge is 0.340 e. The molecule has 0 radical (unpaired) electrons. The maximum absolute atomic E-state index is 11.6. The number of piperazine rings is 1. The largest absolute Gasteiger partial charge is 0.428 e. The van der Waals surface area contributed by atoms with E-state index in [0.717, 1.165) is 39.1 Å². The van der Waals surface area contributed by atoms with E-state index < -0.39 is 5.97 Å². The van der Waals surface area contributed by atoms with Crippen LogP contribution < -0.4 is 0 Å². The molecule has 0 saturated carbocycles. The Morgan fingerprint density at radius 1 is 1.04 bits per heavy atom. The first-order valence-electron chi connectivity index (χ1n) is 7.94. The van der Waals surface area contributed by atoms with E-state index >= 15 is 0 Å². The molecule has 6 heteroatoms. The summed E-state index contributed by atoms with van der Waals surface area (Å²) >= 11 is 0. The highest BCUT2D eigenvalue weighted by Gasteiger charge is 2.14. The van der Waals surface area contributed by atoms with Crippen molar-refractivity contribution in [1.29, 1.82) is 0 Å². The molecule has 1 aromatic carbocycles. The number of carbonyl (C=O) groups excluding carboxylic acids is 2. The van der Waals surface area contributed by atoms with Crippen LogP contribution in [0, 0.1) is 0 Å². The molecule has 0 bridgehead atoms. The summed E-state index contributed by atoms with van der Waals surface area (Å²) in [5.41, 5.74) is 0.443. The summed E-state index contributed by atoms with van der Waals surface area (Å²) in [6, 6.07) is 8.62. The van der Waals surface area contributed by atoms with Crippen LogP contribution in [0.2, 0.25) is 0 Å². The predicted molar refractivity (Wildman–Crippen MR) is 86.0 cm³/mol. The molecule has 1 saturated heterocycles. The Balaban J connectivity index is 1.54. The summed E-state index contributed by atoms with van der Waals surface area (Å²) in [5.74, 6) is -0.823. The molecule has 126 valence electrons. The van der Waals surface area contributed by atoms with Crippen molar-refractivity contribution in [2.45, 2.75) is 12.8 Å².